The molecule has 1 fully saturated rings. The van der Waals surface area contributed by atoms with Crippen molar-refractivity contribution in [3.63, 3.8) is 0 Å². The number of aliphatic hydroxyl groups is 1. The summed E-state index contributed by atoms with van der Waals surface area (Å²) in [6.45, 7) is 8.54. The molecular formula is C14H24N2O. The summed E-state index contributed by atoms with van der Waals surface area (Å²) >= 11 is 0. The molecule has 3 nitrogen and oxygen atoms in total. The summed E-state index contributed by atoms with van der Waals surface area (Å²) in [7, 11) is 0. The lowest BCUT2D eigenvalue weighted by Crippen LogP contribution is -2.55. The molecule has 2 rings (SSSR count). The molecule has 96 valence electrons. The zero-order chi connectivity index (χ0) is 12.8. The van der Waals surface area contributed by atoms with E-state index in [4.69, 9.17) is 5.73 Å². The van der Waals surface area contributed by atoms with Crippen molar-refractivity contribution >= 4 is 0 Å². The van der Waals surface area contributed by atoms with Crippen molar-refractivity contribution in [3.05, 3.63) is 23.5 Å². The first-order valence-corrected chi connectivity index (χ1v) is 6.46. The molecule has 3 heteroatoms. The Hall–Kier alpha value is -0.960. The van der Waals surface area contributed by atoms with Crippen LogP contribution in [0.1, 0.15) is 40.5 Å². The molecule has 0 amide bonds. The van der Waals surface area contributed by atoms with Crippen LogP contribution in [0, 0.1) is 11.8 Å². The Morgan fingerprint density at radius 1 is 1.47 bits per heavy atom. The highest BCUT2D eigenvalue weighted by molar-refractivity contribution is 5.28. The van der Waals surface area contributed by atoms with Crippen LogP contribution in [0.4, 0.5) is 0 Å². The van der Waals surface area contributed by atoms with Crippen LogP contribution < -0.4 is 5.73 Å². The van der Waals surface area contributed by atoms with E-state index in [1.165, 1.54) is 5.70 Å². The number of likely N-dealkylation sites (tertiary alicyclic amines) is 1. The maximum absolute atomic E-state index is 10.0. The fraction of sp³-hybridized carbons (Fsp3) is 0.714. The maximum atomic E-state index is 10.0. The van der Waals surface area contributed by atoms with E-state index in [1.807, 2.05) is 13.0 Å². The van der Waals surface area contributed by atoms with Crippen LogP contribution in [0.15, 0.2) is 23.5 Å². The topological polar surface area (TPSA) is 49.5 Å². The normalized spacial score (nSPS) is 33.6. The fourth-order valence-electron chi connectivity index (χ4n) is 3.59. The second kappa shape index (κ2) is 4.05. The molecule has 2 aliphatic rings. The predicted molar refractivity (Wildman–Crippen MR) is 69.8 cm³/mol. The number of nitrogens with zero attached hydrogens (tertiary/aromatic N) is 1. The highest BCUT2D eigenvalue weighted by Gasteiger charge is 2.43. The van der Waals surface area contributed by atoms with Crippen LogP contribution in [0.2, 0.25) is 0 Å². The summed E-state index contributed by atoms with van der Waals surface area (Å²) in [4.78, 5) is 2.15. The number of hydrogen-bond donors (Lipinski definition) is 2. The van der Waals surface area contributed by atoms with Gasteiger partial charge in [-0.25, -0.2) is 0 Å². The molecular weight excluding hydrogens is 212 g/mol. The average Bonchev–Trinajstić information content (AvgIpc) is 2.17. The zero-order valence-corrected chi connectivity index (χ0v) is 11.3. The van der Waals surface area contributed by atoms with E-state index in [0.29, 0.717) is 11.8 Å². The maximum Gasteiger partial charge on any atom is 0.124 e. The van der Waals surface area contributed by atoms with Crippen molar-refractivity contribution in [2.75, 3.05) is 0 Å². The Bertz CT molecular complexity index is 368. The molecule has 1 aliphatic heterocycles. The minimum absolute atomic E-state index is 0.00978. The number of aliphatic hydroxyl groups excluding tert-OH is 1. The van der Waals surface area contributed by atoms with Crippen molar-refractivity contribution in [2.24, 2.45) is 17.6 Å². The third kappa shape index (κ3) is 2.08. The molecule has 0 spiro atoms. The van der Waals surface area contributed by atoms with E-state index in [1.54, 1.807) is 0 Å². The van der Waals surface area contributed by atoms with Gasteiger partial charge in [0.1, 0.15) is 6.23 Å². The smallest absolute Gasteiger partial charge is 0.124 e. The van der Waals surface area contributed by atoms with Gasteiger partial charge in [0.15, 0.2) is 0 Å². The van der Waals surface area contributed by atoms with Gasteiger partial charge in [-0.3, -0.25) is 0 Å². The Morgan fingerprint density at radius 3 is 2.71 bits per heavy atom. The third-order valence-electron chi connectivity index (χ3n) is 4.12. The number of allylic oxidation sites excluding steroid dienone is 4. The van der Waals surface area contributed by atoms with Crippen LogP contribution in [0.3, 0.4) is 0 Å². The number of piperidine rings is 1. The molecule has 1 heterocycles. The predicted octanol–water partition coefficient (Wildman–Crippen LogP) is 2.19. The molecule has 3 unspecified atom stereocenters. The van der Waals surface area contributed by atoms with Crippen LogP contribution >= 0.6 is 0 Å². The average molecular weight is 236 g/mol. The highest BCUT2D eigenvalue weighted by atomic mass is 16.3. The Morgan fingerprint density at radius 2 is 2.12 bits per heavy atom. The Labute approximate surface area is 104 Å². The number of fused-ring (bicyclic) bond motifs is 1. The first kappa shape index (κ1) is 12.5. The molecule has 0 saturated carbocycles. The van der Waals surface area contributed by atoms with E-state index in [2.05, 4.69) is 31.7 Å². The Kier molecular flexibility index (Phi) is 2.98. The van der Waals surface area contributed by atoms with Crippen molar-refractivity contribution < 1.29 is 5.11 Å². The van der Waals surface area contributed by atoms with Crippen molar-refractivity contribution in [2.45, 2.75) is 52.3 Å². The van der Waals surface area contributed by atoms with Crippen LogP contribution in [-0.2, 0) is 0 Å². The molecule has 17 heavy (non-hydrogen) atoms. The molecule has 0 aromatic heterocycles. The minimum atomic E-state index is -0.445. The summed E-state index contributed by atoms with van der Waals surface area (Å²) < 4.78 is 0. The number of nitrogens with two attached hydrogens (primary N) is 1. The molecule has 3 N–H and O–H groups in total. The van der Waals surface area contributed by atoms with Gasteiger partial charge < -0.3 is 15.7 Å². The second-order valence-corrected chi connectivity index (χ2v) is 6.14. The molecule has 0 radical (unpaired) electrons. The quantitative estimate of drug-likeness (QED) is 0.733. The van der Waals surface area contributed by atoms with E-state index in [-0.39, 0.29) is 5.54 Å². The summed E-state index contributed by atoms with van der Waals surface area (Å²) in [5.74, 6) is 1.07. The van der Waals surface area contributed by atoms with Gasteiger partial charge in [-0.15, -0.1) is 0 Å². The third-order valence-corrected chi connectivity index (χ3v) is 4.12. The lowest BCUT2D eigenvalue weighted by molar-refractivity contribution is -0.0603. The molecule has 3 atom stereocenters. The lowest BCUT2D eigenvalue weighted by atomic mass is 9.72. The van der Waals surface area contributed by atoms with Gasteiger partial charge in [-0.05, 0) is 51.7 Å². The largest absolute Gasteiger partial charge is 0.402 e. The molecule has 0 aromatic rings. The zero-order valence-electron chi connectivity index (χ0n) is 11.3. The minimum Gasteiger partial charge on any atom is -0.402 e. The first-order valence-electron chi connectivity index (χ1n) is 6.46. The van der Waals surface area contributed by atoms with Gasteiger partial charge in [-0.2, -0.15) is 0 Å². The van der Waals surface area contributed by atoms with E-state index in [0.717, 1.165) is 18.5 Å². The van der Waals surface area contributed by atoms with Gasteiger partial charge in [0.25, 0.3) is 0 Å². The van der Waals surface area contributed by atoms with Crippen LogP contribution in [-0.4, -0.2) is 21.8 Å². The monoisotopic (exact) mass is 236 g/mol. The van der Waals surface area contributed by atoms with Crippen molar-refractivity contribution in [1.29, 1.82) is 0 Å². The molecule has 1 saturated heterocycles. The number of rotatable bonds is 1. The van der Waals surface area contributed by atoms with E-state index >= 15 is 0 Å². The van der Waals surface area contributed by atoms with Gasteiger partial charge in [0.2, 0.25) is 0 Å². The van der Waals surface area contributed by atoms with Gasteiger partial charge in [0.05, 0.1) is 0 Å². The van der Waals surface area contributed by atoms with Crippen LogP contribution in [0.5, 0.6) is 0 Å². The van der Waals surface area contributed by atoms with E-state index in [9.17, 15) is 5.11 Å². The van der Waals surface area contributed by atoms with Gasteiger partial charge >= 0.3 is 0 Å². The summed E-state index contributed by atoms with van der Waals surface area (Å²) in [5, 5.41) is 10.0. The highest BCUT2D eigenvalue weighted by Crippen LogP contribution is 2.45. The SMILES string of the molecule is CC1CC(C)(C)N(C(C)O)C2=CC=C(N)CC21. The molecule has 0 bridgehead atoms. The van der Waals surface area contributed by atoms with Crippen molar-refractivity contribution in [1.82, 2.24) is 4.90 Å². The number of hydrogen-bond acceptors (Lipinski definition) is 3. The second-order valence-electron chi connectivity index (χ2n) is 6.14. The first-order chi connectivity index (χ1) is 7.83. The standard InChI is InChI=1S/C14H24N2O/c1-9-8-14(3,4)16(10(2)17)13-6-5-11(15)7-12(9)13/h5-6,9-10,12,17H,7-8,15H2,1-4H3. The van der Waals surface area contributed by atoms with Gasteiger partial charge in [-0.1, -0.05) is 6.92 Å². The summed E-state index contributed by atoms with van der Waals surface area (Å²) in [5.41, 5.74) is 8.14. The summed E-state index contributed by atoms with van der Waals surface area (Å²) in [6.07, 6.45) is 5.64. The van der Waals surface area contributed by atoms with Crippen LogP contribution in [0.25, 0.3) is 0 Å². The lowest BCUT2D eigenvalue weighted by Gasteiger charge is -2.53. The summed E-state index contributed by atoms with van der Waals surface area (Å²) in [6, 6.07) is 0. The van der Waals surface area contributed by atoms with E-state index < -0.39 is 6.23 Å². The van der Waals surface area contributed by atoms with Crippen molar-refractivity contribution in [3.8, 4) is 0 Å². The van der Waals surface area contributed by atoms with Gasteiger partial charge in [0, 0.05) is 22.9 Å². The molecule has 0 aromatic carbocycles. The molecule has 1 aliphatic carbocycles. The fourth-order valence-corrected chi connectivity index (χ4v) is 3.59. The Balaban J connectivity index is 2.41.